The number of halogens is 1. The molecule has 0 aliphatic rings. The van der Waals surface area contributed by atoms with E-state index in [0.717, 1.165) is 5.56 Å². The molecule has 3 aromatic rings. The van der Waals surface area contributed by atoms with E-state index in [2.05, 4.69) is 20.9 Å². The molecule has 0 atom stereocenters. The Kier molecular flexibility index (Phi) is 5.50. The maximum absolute atomic E-state index is 12.2. The van der Waals surface area contributed by atoms with E-state index in [4.69, 9.17) is 11.6 Å². The average Bonchev–Trinajstić information content (AvgIpc) is 3.05. The summed E-state index contributed by atoms with van der Waals surface area (Å²) in [6, 6.07) is 13.8. The zero-order valence-electron chi connectivity index (χ0n) is 13.7. The van der Waals surface area contributed by atoms with Gasteiger partial charge in [-0.1, -0.05) is 23.7 Å². The van der Waals surface area contributed by atoms with Crippen LogP contribution >= 0.6 is 22.9 Å². The summed E-state index contributed by atoms with van der Waals surface area (Å²) >= 11 is 6.98. The molecule has 1 aromatic heterocycles. The largest absolute Gasteiger partial charge is 0.325 e. The zero-order chi connectivity index (χ0) is 18.5. The van der Waals surface area contributed by atoms with Gasteiger partial charge in [-0.15, -0.1) is 11.3 Å². The Morgan fingerprint density at radius 1 is 1.00 bits per heavy atom. The summed E-state index contributed by atoms with van der Waals surface area (Å²) in [5.41, 5.74) is 2.55. The van der Waals surface area contributed by atoms with Crippen LogP contribution in [-0.4, -0.2) is 16.9 Å². The number of thiazole rings is 1. The fourth-order valence-electron chi connectivity index (χ4n) is 2.15. The molecule has 8 heteroatoms. The SMILES string of the molecule is Cc1cccc(NC(=O)Nc2nc(C(=O)Nc3ccc(Cl)cc3)cs2)c1. The molecule has 0 radical (unpaired) electrons. The van der Waals surface area contributed by atoms with Gasteiger partial charge in [0.1, 0.15) is 5.69 Å². The van der Waals surface area contributed by atoms with E-state index in [1.54, 1.807) is 35.7 Å². The second-order valence-corrected chi connectivity index (χ2v) is 6.74. The molecule has 0 saturated carbocycles. The van der Waals surface area contributed by atoms with E-state index in [0.29, 0.717) is 21.5 Å². The maximum Gasteiger partial charge on any atom is 0.325 e. The Labute approximate surface area is 159 Å². The summed E-state index contributed by atoms with van der Waals surface area (Å²) in [6.45, 7) is 1.94. The molecule has 26 heavy (non-hydrogen) atoms. The molecule has 3 N–H and O–H groups in total. The lowest BCUT2D eigenvalue weighted by atomic mass is 10.2. The number of nitrogens with zero attached hydrogens (tertiary/aromatic N) is 1. The Hall–Kier alpha value is -2.90. The first-order chi connectivity index (χ1) is 12.5. The van der Waals surface area contributed by atoms with Crippen LogP contribution in [0, 0.1) is 6.92 Å². The Bertz CT molecular complexity index is 940. The number of aromatic nitrogens is 1. The first-order valence-corrected chi connectivity index (χ1v) is 8.92. The minimum Gasteiger partial charge on any atom is -0.321 e. The van der Waals surface area contributed by atoms with Crippen molar-refractivity contribution in [1.29, 1.82) is 0 Å². The van der Waals surface area contributed by atoms with Gasteiger partial charge in [-0.3, -0.25) is 10.1 Å². The van der Waals surface area contributed by atoms with Crippen LogP contribution < -0.4 is 16.0 Å². The van der Waals surface area contributed by atoms with Crippen molar-refractivity contribution in [3.05, 3.63) is 70.2 Å². The van der Waals surface area contributed by atoms with Crippen LogP contribution in [0.15, 0.2) is 53.9 Å². The van der Waals surface area contributed by atoms with Gasteiger partial charge < -0.3 is 10.6 Å². The van der Waals surface area contributed by atoms with Crippen LogP contribution in [0.2, 0.25) is 5.02 Å². The topological polar surface area (TPSA) is 83.1 Å². The smallest absolute Gasteiger partial charge is 0.321 e. The van der Waals surface area contributed by atoms with Crippen LogP contribution in [0.25, 0.3) is 0 Å². The predicted octanol–water partition coefficient (Wildman–Crippen LogP) is 5.00. The predicted molar refractivity (Wildman–Crippen MR) is 105 cm³/mol. The summed E-state index contributed by atoms with van der Waals surface area (Å²) in [7, 11) is 0. The number of hydrogen-bond acceptors (Lipinski definition) is 4. The van der Waals surface area contributed by atoms with E-state index in [-0.39, 0.29) is 11.6 Å². The zero-order valence-corrected chi connectivity index (χ0v) is 15.3. The minimum absolute atomic E-state index is 0.218. The third kappa shape index (κ3) is 4.81. The van der Waals surface area contributed by atoms with Gasteiger partial charge in [-0.25, -0.2) is 9.78 Å². The molecule has 0 unspecified atom stereocenters. The van der Waals surface area contributed by atoms with Crippen LogP contribution in [0.5, 0.6) is 0 Å². The van der Waals surface area contributed by atoms with E-state index < -0.39 is 6.03 Å². The van der Waals surface area contributed by atoms with Gasteiger partial charge in [0.15, 0.2) is 5.13 Å². The second kappa shape index (κ2) is 7.99. The molecule has 1 heterocycles. The molecule has 0 saturated heterocycles. The number of anilines is 3. The first-order valence-electron chi connectivity index (χ1n) is 7.67. The van der Waals surface area contributed by atoms with Crippen molar-refractivity contribution in [1.82, 2.24) is 4.98 Å². The van der Waals surface area contributed by atoms with E-state index in [9.17, 15) is 9.59 Å². The first kappa shape index (κ1) is 17.9. The van der Waals surface area contributed by atoms with Gasteiger partial charge in [0.05, 0.1) is 0 Å². The molecule has 132 valence electrons. The third-order valence-corrected chi connectivity index (χ3v) is 4.35. The number of urea groups is 1. The molecule has 0 aliphatic heterocycles. The standard InChI is InChI=1S/C18H15ClN4O2S/c1-11-3-2-4-14(9-11)21-17(25)23-18-22-15(10-26-18)16(24)20-13-7-5-12(19)6-8-13/h2-10H,1H3,(H,20,24)(H2,21,22,23,25). The average molecular weight is 387 g/mol. The number of carbonyl (C=O) groups excluding carboxylic acids is 2. The van der Waals surface area contributed by atoms with Crippen LogP contribution in [0.4, 0.5) is 21.3 Å². The normalized spacial score (nSPS) is 10.2. The van der Waals surface area contributed by atoms with Crippen molar-refractivity contribution < 1.29 is 9.59 Å². The van der Waals surface area contributed by atoms with Crippen LogP contribution in [0.1, 0.15) is 16.1 Å². The molecule has 3 amide bonds. The molecule has 3 rings (SSSR count). The molecular formula is C18H15ClN4O2S. The quantitative estimate of drug-likeness (QED) is 0.589. The fraction of sp³-hybridized carbons (Fsp3) is 0.0556. The summed E-state index contributed by atoms with van der Waals surface area (Å²) in [5, 5.41) is 10.5. The molecular weight excluding hydrogens is 372 g/mol. The highest BCUT2D eigenvalue weighted by molar-refractivity contribution is 7.14. The Morgan fingerprint density at radius 2 is 1.77 bits per heavy atom. The van der Waals surface area contributed by atoms with Crippen molar-refractivity contribution in [3.8, 4) is 0 Å². The van der Waals surface area contributed by atoms with Gasteiger partial charge in [-0.05, 0) is 48.9 Å². The molecule has 0 bridgehead atoms. The maximum atomic E-state index is 12.2. The van der Waals surface area contributed by atoms with E-state index >= 15 is 0 Å². The minimum atomic E-state index is -0.422. The Morgan fingerprint density at radius 3 is 2.50 bits per heavy atom. The summed E-state index contributed by atoms with van der Waals surface area (Å²) in [6.07, 6.45) is 0. The molecule has 0 fully saturated rings. The lowest BCUT2D eigenvalue weighted by Gasteiger charge is -2.06. The number of amides is 3. The van der Waals surface area contributed by atoms with Crippen LogP contribution in [0.3, 0.4) is 0 Å². The van der Waals surface area contributed by atoms with Gasteiger partial charge >= 0.3 is 6.03 Å². The van der Waals surface area contributed by atoms with Gasteiger partial charge in [0, 0.05) is 21.8 Å². The van der Waals surface area contributed by atoms with E-state index in [1.807, 2.05) is 25.1 Å². The van der Waals surface area contributed by atoms with Crippen molar-refractivity contribution in [3.63, 3.8) is 0 Å². The number of hydrogen-bond donors (Lipinski definition) is 3. The number of nitrogens with one attached hydrogen (secondary N) is 3. The fourth-order valence-corrected chi connectivity index (χ4v) is 2.96. The van der Waals surface area contributed by atoms with Crippen molar-refractivity contribution in [2.75, 3.05) is 16.0 Å². The van der Waals surface area contributed by atoms with Crippen LogP contribution in [-0.2, 0) is 0 Å². The number of aryl methyl sites for hydroxylation is 1. The lowest BCUT2D eigenvalue weighted by Crippen LogP contribution is -2.19. The highest BCUT2D eigenvalue weighted by Gasteiger charge is 2.13. The van der Waals surface area contributed by atoms with E-state index in [1.165, 1.54) is 11.3 Å². The van der Waals surface area contributed by atoms with Crippen molar-refractivity contribution >= 4 is 51.4 Å². The van der Waals surface area contributed by atoms with Gasteiger partial charge in [0.25, 0.3) is 5.91 Å². The highest BCUT2D eigenvalue weighted by atomic mass is 35.5. The summed E-state index contributed by atoms with van der Waals surface area (Å²) in [4.78, 5) is 28.4. The van der Waals surface area contributed by atoms with Crippen molar-refractivity contribution in [2.24, 2.45) is 0 Å². The second-order valence-electron chi connectivity index (χ2n) is 5.45. The van der Waals surface area contributed by atoms with Crippen molar-refractivity contribution in [2.45, 2.75) is 6.92 Å². The number of carbonyl (C=O) groups is 2. The molecule has 6 nitrogen and oxygen atoms in total. The Balaban J connectivity index is 1.59. The monoisotopic (exact) mass is 386 g/mol. The molecule has 2 aromatic carbocycles. The molecule has 0 aliphatic carbocycles. The summed E-state index contributed by atoms with van der Waals surface area (Å²) in [5.74, 6) is -0.365. The van der Waals surface area contributed by atoms with Gasteiger partial charge in [-0.2, -0.15) is 0 Å². The molecule has 0 spiro atoms. The number of rotatable bonds is 4. The summed E-state index contributed by atoms with van der Waals surface area (Å²) < 4.78 is 0. The highest BCUT2D eigenvalue weighted by Crippen LogP contribution is 2.19. The van der Waals surface area contributed by atoms with Gasteiger partial charge in [0.2, 0.25) is 0 Å². The lowest BCUT2D eigenvalue weighted by molar-refractivity contribution is 0.102. The number of benzene rings is 2. The third-order valence-electron chi connectivity index (χ3n) is 3.34.